The van der Waals surface area contributed by atoms with E-state index in [-0.39, 0.29) is 137 Å². The standard InChI is InChI=1S/2C19H35NO6.C19H37NO4.C17H29NO6.C13H25NO2.2C6H12O2.C4H6O2.2CH4.2H2N/c2*1-6-9-10-15(7-2)13-25-16(21)14-26-18(23)20-11-12-24-17(22)19(4,5)8-3;1-9-17(2,3)16(22)24-13-14(21)12-23-15-10-18(4,5)20(8)19(6,7)11-15;1-5-7-8-14(6-2)11-23-15(19)12-24-17(21)18-9-10-22-16(20)13(3)4;1-12(2)6-10(15-8-11-9-16-11)7-13(3,4)14(12)5;2*1-4-6(2,3)5(7)8;1-3(2)4(5)6;;;;/h2*15H,6-14H2,1-5H3,(H,20,23);14-15,21H,9-13H2,1-8H3;14H,3,5-12H2,1-2,4H3,(H,18,21);10-11H,6-9H2,1-5H3;2*4H2,1-3H3,(H,7,8);1H2,2H3,(H,5,6);2*1H4;2*1H2/q;;;;;;;;;;2*-1. The van der Waals surface area contributed by atoms with Gasteiger partial charge in [0.05, 0.1) is 98.6 Å². The summed E-state index contributed by atoms with van der Waals surface area (Å²) in [5.41, 5.74) is -1.69. The molecule has 0 aromatic heterocycles. The number of nitrogens with zero attached hydrogens (tertiary/aromatic N) is 2. The second kappa shape index (κ2) is 79.0. The number of carbonyl (C=O) groups is 13. The van der Waals surface area contributed by atoms with Crippen LogP contribution in [0.2, 0.25) is 0 Å². The van der Waals surface area contributed by atoms with Crippen LogP contribution in [0, 0.1) is 44.8 Å². The number of epoxide rings is 1. The number of hydrogen-bond donors (Lipinski definition) is 7. The molecule has 0 aromatic rings. The van der Waals surface area contributed by atoms with Crippen molar-refractivity contribution in [1.82, 2.24) is 25.8 Å². The predicted octanol–water partition coefficient (Wildman–Crippen LogP) is 20.9. The Bertz CT molecular complexity index is 3390. The zero-order valence-electron chi connectivity index (χ0n) is 92.6. The highest BCUT2D eigenvalue weighted by atomic mass is 16.6. The third kappa shape index (κ3) is 72.9. The normalized spacial score (nSPS) is 15.7. The number of hydrogen-bond acceptors (Lipinski definition) is 29. The smallest absolute Gasteiger partial charge is 0.407 e. The van der Waals surface area contributed by atoms with Gasteiger partial charge in [0.25, 0.3) is 0 Å². The summed E-state index contributed by atoms with van der Waals surface area (Å²) in [7, 11) is 4.38. The predicted molar refractivity (Wildman–Crippen MR) is 557 cm³/mol. The lowest BCUT2D eigenvalue weighted by Gasteiger charge is -2.53. The summed E-state index contributed by atoms with van der Waals surface area (Å²) in [6.45, 7) is 69.5. The van der Waals surface area contributed by atoms with Gasteiger partial charge in [0.15, 0.2) is 19.8 Å². The van der Waals surface area contributed by atoms with E-state index in [0.717, 1.165) is 116 Å². The van der Waals surface area contributed by atoms with Crippen molar-refractivity contribution in [3.05, 3.63) is 36.6 Å². The molecule has 0 aliphatic carbocycles. The van der Waals surface area contributed by atoms with Crippen LogP contribution in [0.15, 0.2) is 24.3 Å². The van der Waals surface area contributed by atoms with Crippen LogP contribution >= 0.6 is 0 Å². The van der Waals surface area contributed by atoms with Crippen molar-refractivity contribution in [3.63, 3.8) is 0 Å². The number of amides is 3. The number of rotatable bonds is 53. The fourth-order valence-electron chi connectivity index (χ4n) is 12.0. The molecule has 0 saturated carbocycles. The zero-order valence-corrected chi connectivity index (χ0v) is 92.6. The van der Waals surface area contributed by atoms with E-state index in [0.29, 0.717) is 81.9 Å². The van der Waals surface area contributed by atoms with Gasteiger partial charge in [-0.2, -0.15) is 0 Å². The van der Waals surface area contributed by atoms with Crippen molar-refractivity contribution in [3.8, 4) is 0 Å². The molecule has 37 heteroatoms. The van der Waals surface area contributed by atoms with Gasteiger partial charge in [-0.15, -0.1) is 0 Å². The second-order valence-corrected chi connectivity index (χ2v) is 41.2. The third-order valence-electron chi connectivity index (χ3n) is 25.2. The number of alkyl carbamates (subject to hydrolysis) is 3. The van der Waals surface area contributed by atoms with E-state index in [1.165, 1.54) is 13.8 Å². The number of carbonyl (C=O) groups excluding carboxylic acids is 10. The van der Waals surface area contributed by atoms with Crippen LogP contribution in [0.1, 0.15) is 364 Å². The van der Waals surface area contributed by atoms with E-state index < -0.39 is 113 Å². The Kier molecular flexibility index (Phi) is 84.2. The number of aliphatic hydroxyl groups is 1. The molecule has 5 unspecified atom stereocenters. The summed E-state index contributed by atoms with van der Waals surface area (Å²) in [6, 6.07) is 0. The van der Waals surface area contributed by atoms with Crippen LogP contribution in [-0.4, -0.2) is 274 Å². The van der Waals surface area contributed by atoms with Crippen LogP contribution in [-0.2, 0) is 110 Å². The Morgan fingerprint density at radius 3 is 0.880 bits per heavy atom. The number of nitrogens with two attached hydrogens (primary N) is 2. The number of carboxylic acid groups (broad SMARTS) is 3. The molecule has 3 aliphatic rings. The lowest BCUT2D eigenvalue weighted by atomic mass is 9.79. The Balaban J connectivity index is -0.000000210. The monoisotopic (exact) mass is 2040 g/mol. The quantitative estimate of drug-likeness (QED) is 0.00977. The van der Waals surface area contributed by atoms with Crippen molar-refractivity contribution in [2.45, 2.75) is 411 Å². The van der Waals surface area contributed by atoms with E-state index in [2.05, 4.69) is 150 Å². The van der Waals surface area contributed by atoms with Crippen LogP contribution < -0.4 is 16.0 Å². The number of likely N-dealkylation sites (tertiary alicyclic amines) is 2. The minimum Gasteiger partial charge on any atom is -0.693 e. The van der Waals surface area contributed by atoms with Gasteiger partial charge in [0.1, 0.15) is 38.6 Å². The molecule has 3 aliphatic heterocycles. The highest BCUT2D eigenvalue weighted by Crippen LogP contribution is 2.40. The number of aliphatic hydroxyl groups excluding tert-OH is 1. The Morgan fingerprint density at radius 1 is 0.394 bits per heavy atom. The summed E-state index contributed by atoms with van der Waals surface area (Å²) >= 11 is 0. The number of carboxylic acids is 3. The lowest BCUT2D eigenvalue weighted by molar-refractivity contribution is -0.160. The molecule has 142 heavy (non-hydrogen) atoms. The van der Waals surface area contributed by atoms with Crippen molar-refractivity contribution in [1.29, 1.82) is 0 Å². The van der Waals surface area contributed by atoms with Gasteiger partial charge in [0, 0.05) is 33.3 Å². The fourth-order valence-corrected chi connectivity index (χ4v) is 12.0. The number of nitrogens with one attached hydrogen (secondary N) is 3. The van der Waals surface area contributed by atoms with E-state index in [1.807, 2.05) is 48.5 Å². The molecule has 3 rings (SSSR count). The summed E-state index contributed by atoms with van der Waals surface area (Å²) in [5.74, 6) is -4.48. The molecule has 3 saturated heterocycles. The van der Waals surface area contributed by atoms with E-state index in [4.69, 9.17) is 76.9 Å². The molecule has 840 valence electrons. The van der Waals surface area contributed by atoms with E-state index in [1.54, 1.807) is 55.4 Å². The molecule has 3 heterocycles. The largest absolute Gasteiger partial charge is 0.693 e. The average Bonchev–Trinajstić information content (AvgIpc) is 1.18. The fraction of sp³-hybridized carbons (Fsp3) is 0.838. The van der Waals surface area contributed by atoms with Gasteiger partial charge in [-0.3, -0.25) is 33.8 Å². The lowest BCUT2D eigenvalue weighted by Crippen LogP contribution is -2.60. The first-order valence-corrected chi connectivity index (χ1v) is 49.6. The van der Waals surface area contributed by atoms with Crippen molar-refractivity contribution in [2.24, 2.45) is 44.8 Å². The third-order valence-corrected chi connectivity index (χ3v) is 25.2. The number of unbranched alkanes of at least 4 members (excludes halogenated alkanes) is 3. The molecule has 37 nitrogen and oxygen atoms in total. The van der Waals surface area contributed by atoms with Gasteiger partial charge < -0.3 is 110 Å². The van der Waals surface area contributed by atoms with Gasteiger partial charge in [-0.1, -0.05) is 162 Å². The van der Waals surface area contributed by atoms with E-state index >= 15 is 0 Å². The maximum Gasteiger partial charge on any atom is 0.407 e. The summed E-state index contributed by atoms with van der Waals surface area (Å²) < 4.78 is 66.9. The average molecular weight is 2040 g/mol. The van der Waals surface area contributed by atoms with Crippen molar-refractivity contribution >= 4 is 78.0 Å². The van der Waals surface area contributed by atoms with Gasteiger partial charge in [-0.25, -0.2) is 38.4 Å². The maximum atomic E-state index is 11.9. The van der Waals surface area contributed by atoms with Gasteiger partial charge in [0.2, 0.25) is 0 Å². The second-order valence-electron chi connectivity index (χ2n) is 41.2. The Hall–Kier alpha value is -8.33. The Labute approximate surface area is 856 Å². The highest BCUT2D eigenvalue weighted by Gasteiger charge is 2.46. The van der Waals surface area contributed by atoms with Crippen molar-refractivity contribution < 1.29 is 144 Å². The SMILES string of the molecule is C.C.C=C(C)C(=O)O.C=C(C)C(=O)OCCNC(=O)OCC(=O)OCC(CC)CCCC.CCC(C)(C)C(=O)O.CCC(C)(C)C(=O)O.CCC(C)(C)C(=O)OCC(O)COC1CC(C)(C)N(C)C(C)(C)C1.CCCCC(CC)COC(=O)COC(=O)NCCOC(=O)C(C)(C)CC.CCCCC(CC)COC(=O)COC(=O)NCCOC(=O)C(C)(C)CC.CN1C(C)(C)CC(OCC2CO2)CC1(C)C.[NH2-].[NH2-]. The molecule has 0 radical (unpaired) electrons. The maximum absolute atomic E-state index is 11.9. The number of aliphatic carboxylic acids is 3. The summed E-state index contributed by atoms with van der Waals surface area (Å²) in [5, 5.41) is 42.0. The van der Waals surface area contributed by atoms with Crippen LogP contribution in [0.4, 0.5) is 14.4 Å². The molecule has 11 N–H and O–H groups in total. The van der Waals surface area contributed by atoms with Crippen LogP contribution in [0.25, 0.3) is 12.3 Å². The molecule has 0 bridgehead atoms. The van der Waals surface area contributed by atoms with Crippen LogP contribution in [0.5, 0.6) is 0 Å². The molecule has 3 fully saturated rings. The molecular weight excluding hydrogens is 1840 g/mol. The van der Waals surface area contributed by atoms with Crippen molar-refractivity contribution in [2.75, 3.05) is 120 Å². The molecule has 0 spiro atoms. The number of ether oxygens (including phenoxy) is 13. The highest BCUT2D eigenvalue weighted by molar-refractivity contribution is 5.87. The summed E-state index contributed by atoms with van der Waals surface area (Å²) in [4.78, 5) is 151. The van der Waals surface area contributed by atoms with Gasteiger partial charge >= 0.3 is 78.0 Å². The topological polar surface area (TPSA) is 536 Å². The first-order valence-electron chi connectivity index (χ1n) is 49.6. The zero-order chi connectivity index (χ0) is 108. The summed E-state index contributed by atoms with van der Waals surface area (Å²) in [6.07, 6.45) is 17.8. The minimum absolute atomic E-state index is 0. The van der Waals surface area contributed by atoms with E-state index in [9.17, 15) is 67.4 Å². The number of piperidine rings is 2. The Morgan fingerprint density at radius 2 is 0.655 bits per heavy atom. The molecule has 0 aromatic carbocycles. The molecule has 3 amide bonds. The molecule has 5 atom stereocenters. The first-order chi connectivity index (χ1) is 63.7. The van der Waals surface area contributed by atoms with Crippen LogP contribution in [0.3, 0.4) is 0 Å². The first kappa shape index (κ1) is 151. The van der Waals surface area contributed by atoms with Gasteiger partial charge in [-0.05, 0) is 247 Å². The number of esters is 7. The minimum atomic E-state index is -0.935. The molecular formula is C105H203N7O30-2.